The molecule has 2 heterocycles. The first kappa shape index (κ1) is 24.3. The van der Waals surface area contributed by atoms with Crippen molar-refractivity contribution >= 4 is 40.6 Å². The van der Waals surface area contributed by atoms with E-state index in [0.29, 0.717) is 6.61 Å². The average molecular weight is 497 g/mol. The van der Waals surface area contributed by atoms with Crippen molar-refractivity contribution in [2.75, 3.05) is 17.7 Å². The van der Waals surface area contributed by atoms with Gasteiger partial charge in [-0.05, 0) is 60.6 Å². The van der Waals surface area contributed by atoms with Gasteiger partial charge in [0.25, 0.3) is 0 Å². The third kappa shape index (κ3) is 6.20. The van der Waals surface area contributed by atoms with Gasteiger partial charge in [0.05, 0.1) is 17.8 Å². The molecule has 2 aromatic carbocycles. The van der Waals surface area contributed by atoms with Crippen molar-refractivity contribution in [1.29, 1.82) is 0 Å². The van der Waals surface area contributed by atoms with E-state index in [1.54, 1.807) is 28.6 Å². The van der Waals surface area contributed by atoms with Crippen molar-refractivity contribution < 1.29 is 19.5 Å². The van der Waals surface area contributed by atoms with Gasteiger partial charge in [-0.15, -0.1) is 23.1 Å². The van der Waals surface area contributed by atoms with E-state index in [2.05, 4.69) is 17.4 Å². The Morgan fingerprint density at radius 3 is 2.62 bits per heavy atom. The molecule has 1 aliphatic heterocycles. The Morgan fingerprint density at radius 1 is 1.00 bits per heavy atom. The lowest BCUT2D eigenvalue weighted by Crippen LogP contribution is -2.32. The minimum atomic E-state index is -0.356. The number of benzene rings is 2. The molecule has 1 atom stereocenters. The average Bonchev–Trinajstić information content (AvgIpc) is 3.37. The zero-order valence-electron chi connectivity index (χ0n) is 18.8. The summed E-state index contributed by atoms with van der Waals surface area (Å²) >= 11 is 3.47. The van der Waals surface area contributed by atoms with Crippen LogP contribution in [0.2, 0.25) is 0 Å². The predicted molar refractivity (Wildman–Crippen MR) is 137 cm³/mol. The van der Waals surface area contributed by atoms with Gasteiger partial charge in [-0.2, -0.15) is 0 Å². The number of thioether (sulfide) groups is 1. The minimum Gasteiger partial charge on any atom is -0.493 e. The Kier molecular flexibility index (Phi) is 8.26. The van der Waals surface area contributed by atoms with Crippen LogP contribution in [-0.2, 0) is 14.3 Å². The van der Waals surface area contributed by atoms with E-state index in [4.69, 9.17) is 9.94 Å². The van der Waals surface area contributed by atoms with Crippen molar-refractivity contribution in [3.05, 3.63) is 71.6 Å². The Balaban J connectivity index is 1.41. The number of amides is 2. The molecule has 2 amide bonds. The molecule has 178 valence electrons. The van der Waals surface area contributed by atoms with Crippen molar-refractivity contribution in [3.63, 3.8) is 0 Å². The van der Waals surface area contributed by atoms with E-state index < -0.39 is 0 Å². The molecule has 0 bridgehead atoms. The van der Waals surface area contributed by atoms with Crippen LogP contribution < -0.4 is 15.5 Å². The highest BCUT2D eigenvalue weighted by atomic mass is 32.2. The van der Waals surface area contributed by atoms with Gasteiger partial charge in [-0.1, -0.05) is 36.8 Å². The van der Waals surface area contributed by atoms with Gasteiger partial charge < -0.3 is 10.1 Å². The number of carbonyl (C=O) groups excluding carboxylic acids is 2. The van der Waals surface area contributed by atoms with Gasteiger partial charge in [0.2, 0.25) is 11.8 Å². The first-order chi connectivity index (χ1) is 16.6. The van der Waals surface area contributed by atoms with Crippen LogP contribution in [0.25, 0.3) is 10.4 Å². The number of rotatable bonds is 9. The second kappa shape index (κ2) is 11.6. The largest absolute Gasteiger partial charge is 0.493 e. The quantitative estimate of drug-likeness (QED) is 0.256. The van der Waals surface area contributed by atoms with Crippen LogP contribution in [0.5, 0.6) is 5.75 Å². The third-order valence-corrected chi connectivity index (χ3v) is 8.83. The first-order valence-corrected chi connectivity index (χ1v) is 13.1. The van der Waals surface area contributed by atoms with Crippen molar-refractivity contribution in [2.45, 2.75) is 36.9 Å². The summed E-state index contributed by atoms with van der Waals surface area (Å²) in [6, 6.07) is 21.4. The van der Waals surface area contributed by atoms with E-state index in [1.807, 2.05) is 54.6 Å². The summed E-state index contributed by atoms with van der Waals surface area (Å²) in [5, 5.41) is 12.0. The maximum absolute atomic E-state index is 12.4. The topological polar surface area (TPSA) is 87.7 Å². The molecule has 0 spiro atoms. The summed E-state index contributed by atoms with van der Waals surface area (Å²) < 4.78 is 5.30. The molecule has 1 saturated heterocycles. The number of hydrogen-bond acceptors (Lipinski definition) is 6. The number of thiophene rings is 1. The molecule has 1 aliphatic rings. The zero-order chi connectivity index (χ0) is 23.8. The van der Waals surface area contributed by atoms with Crippen LogP contribution in [0.1, 0.15) is 37.0 Å². The normalized spacial score (nSPS) is 17.7. The SMILES string of the molecule is O=C(C[C@]1(c2ccc(-c3cccc(NC(=O)CCOc4ccccc4)c3)s2)CCCCS1)NO. The fourth-order valence-electron chi connectivity index (χ4n) is 4.06. The Morgan fingerprint density at radius 2 is 1.85 bits per heavy atom. The second-order valence-electron chi connectivity index (χ2n) is 8.22. The van der Waals surface area contributed by atoms with Crippen molar-refractivity contribution in [2.24, 2.45) is 0 Å². The monoisotopic (exact) mass is 496 g/mol. The van der Waals surface area contributed by atoms with Crippen LogP contribution >= 0.6 is 23.1 Å². The molecule has 1 aromatic heterocycles. The summed E-state index contributed by atoms with van der Waals surface area (Å²) in [6.07, 6.45) is 3.63. The molecule has 34 heavy (non-hydrogen) atoms. The van der Waals surface area contributed by atoms with Gasteiger partial charge >= 0.3 is 0 Å². The van der Waals surface area contributed by atoms with Crippen LogP contribution in [-0.4, -0.2) is 29.4 Å². The summed E-state index contributed by atoms with van der Waals surface area (Å²) in [7, 11) is 0. The van der Waals surface area contributed by atoms with E-state index in [1.165, 1.54) is 0 Å². The summed E-state index contributed by atoms with van der Waals surface area (Å²) in [4.78, 5) is 26.6. The number of anilines is 1. The molecule has 4 rings (SSSR count). The standard InChI is InChI=1S/C26H28N2O4S2/c29-24(13-15-32-21-9-2-1-3-10-21)27-20-8-6-7-19(17-20)22-11-12-23(34-22)26(18-25(30)28-31)14-4-5-16-33-26/h1-3,6-12,17,31H,4-5,13-16,18H2,(H,27,29)(H,28,30)/t26-/m0/s1. The lowest BCUT2D eigenvalue weighted by Gasteiger charge is -2.35. The van der Waals surface area contributed by atoms with Gasteiger partial charge in [-0.3, -0.25) is 14.8 Å². The Hall–Kier alpha value is -2.81. The van der Waals surface area contributed by atoms with Gasteiger partial charge in [-0.25, -0.2) is 5.48 Å². The molecule has 1 fully saturated rings. The number of carbonyl (C=O) groups is 2. The van der Waals surface area contributed by atoms with E-state index in [-0.39, 0.29) is 29.4 Å². The molecule has 3 N–H and O–H groups in total. The lowest BCUT2D eigenvalue weighted by atomic mass is 9.94. The molecule has 0 saturated carbocycles. The summed E-state index contributed by atoms with van der Waals surface area (Å²) in [5.74, 6) is 1.29. The van der Waals surface area contributed by atoms with Crippen LogP contribution in [0.3, 0.4) is 0 Å². The zero-order valence-corrected chi connectivity index (χ0v) is 20.4. The molecule has 0 aliphatic carbocycles. The van der Waals surface area contributed by atoms with E-state index in [0.717, 1.165) is 51.8 Å². The fourth-order valence-corrected chi connectivity index (χ4v) is 6.95. The van der Waals surface area contributed by atoms with Crippen LogP contribution in [0.15, 0.2) is 66.7 Å². The van der Waals surface area contributed by atoms with Gasteiger partial charge in [0.1, 0.15) is 5.75 Å². The molecule has 3 aromatic rings. The molecular formula is C26H28N2O4S2. The first-order valence-electron chi connectivity index (χ1n) is 11.3. The molecule has 8 heteroatoms. The third-order valence-electron chi connectivity index (χ3n) is 5.75. The van der Waals surface area contributed by atoms with Gasteiger partial charge in [0.15, 0.2) is 0 Å². The van der Waals surface area contributed by atoms with Crippen LogP contribution in [0.4, 0.5) is 5.69 Å². The van der Waals surface area contributed by atoms with Gasteiger partial charge in [0, 0.05) is 21.9 Å². The minimum absolute atomic E-state index is 0.104. The van der Waals surface area contributed by atoms with Crippen molar-refractivity contribution in [3.8, 4) is 16.2 Å². The number of hydrogen-bond donors (Lipinski definition) is 3. The smallest absolute Gasteiger partial charge is 0.245 e. The molecule has 0 radical (unpaired) electrons. The van der Waals surface area contributed by atoms with Crippen molar-refractivity contribution in [1.82, 2.24) is 5.48 Å². The molecular weight excluding hydrogens is 468 g/mol. The van der Waals surface area contributed by atoms with E-state index >= 15 is 0 Å². The Bertz CT molecular complexity index is 1110. The van der Waals surface area contributed by atoms with Crippen LogP contribution in [0, 0.1) is 0 Å². The molecule has 6 nitrogen and oxygen atoms in total. The lowest BCUT2D eigenvalue weighted by molar-refractivity contribution is -0.129. The highest BCUT2D eigenvalue weighted by Gasteiger charge is 2.38. The number of ether oxygens (including phenoxy) is 1. The summed E-state index contributed by atoms with van der Waals surface area (Å²) in [6.45, 7) is 0.311. The number of nitrogens with one attached hydrogen (secondary N) is 2. The molecule has 0 unspecified atom stereocenters. The second-order valence-corrected chi connectivity index (χ2v) is 10.8. The van der Waals surface area contributed by atoms with E-state index in [9.17, 15) is 9.59 Å². The highest BCUT2D eigenvalue weighted by molar-refractivity contribution is 8.00. The highest BCUT2D eigenvalue weighted by Crippen LogP contribution is 2.50. The Labute approximate surface area is 207 Å². The summed E-state index contributed by atoms with van der Waals surface area (Å²) in [5.41, 5.74) is 3.54. The maximum Gasteiger partial charge on any atom is 0.245 e. The predicted octanol–water partition coefficient (Wildman–Crippen LogP) is 5.83. The number of hydroxylamine groups is 1. The maximum atomic E-state index is 12.4. The fraction of sp³-hybridized carbons (Fsp3) is 0.308. The number of para-hydroxylation sites is 1.